The number of aliphatic hydroxyl groups excluding tert-OH is 1. The van der Waals surface area contributed by atoms with E-state index >= 15 is 0 Å². The molecule has 20 heavy (non-hydrogen) atoms. The maximum atomic E-state index is 12.0. The molecule has 0 saturated carbocycles. The lowest BCUT2D eigenvalue weighted by Crippen LogP contribution is -2.34. The average Bonchev–Trinajstić information content (AvgIpc) is 2.44. The number of amides is 1. The standard InChI is InChI=1S/C13H15N3O4/c1-2-16-12(19)9-4-3-8(11(18)14-5-6-17)7-10(9)15-13(16)20/h3-4,7,17H,2,5-6H2,1H3,(H,14,18)(H,15,20). The number of hydrogen-bond acceptors (Lipinski definition) is 4. The molecule has 1 amide bonds. The third-order valence-electron chi connectivity index (χ3n) is 2.96. The minimum absolute atomic E-state index is 0.144. The Morgan fingerprint density at radius 3 is 2.80 bits per heavy atom. The fourth-order valence-electron chi connectivity index (χ4n) is 1.95. The second-order valence-corrected chi connectivity index (χ2v) is 4.22. The number of aromatic amines is 1. The third kappa shape index (κ3) is 2.48. The summed E-state index contributed by atoms with van der Waals surface area (Å²) in [5.41, 5.74) is -0.247. The first-order valence-electron chi connectivity index (χ1n) is 6.24. The molecule has 0 radical (unpaired) electrons. The maximum absolute atomic E-state index is 12.0. The van der Waals surface area contributed by atoms with Crippen LogP contribution in [0.25, 0.3) is 10.9 Å². The van der Waals surface area contributed by atoms with Crippen LogP contribution >= 0.6 is 0 Å². The lowest BCUT2D eigenvalue weighted by molar-refractivity contribution is 0.0945. The highest BCUT2D eigenvalue weighted by atomic mass is 16.3. The molecule has 0 saturated heterocycles. The molecule has 7 heteroatoms. The first-order chi connectivity index (χ1) is 9.58. The van der Waals surface area contributed by atoms with Gasteiger partial charge in [0.25, 0.3) is 11.5 Å². The number of nitrogens with zero attached hydrogens (tertiary/aromatic N) is 1. The number of benzene rings is 1. The van der Waals surface area contributed by atoms with Crippen LogP contribution in [0, 0.1) is 0 Å². The molecule has 0 aliphatic heterocycles. The molecule has 0 unspecified atom stereocenters. The van der Waals surface area contributed by atoms with Crippen LogP contribution < -0.4 is 16.6 Å². The second kappa shape index (κ2) is 5.70. The van der Waals surface area contributed by atoms with Gasteiger partial charge in [-0.3, -0.25) is 14.2 Å². The summed E-state index contributed by atoms with van der Waals surface area (Å²) >= 11 is 0. The molecule has 0 aliphatic carbocycles. The largest absolute Gasteiger partial charge is 0.395 e. The van der Waals surface area contributed by atoms with Crippen molar-refractivity contribution in [2.24, 2.45) is 0 Å². The van der Waals surface area contributed by atoms with Gasteiger partial charge < -0.3 is 15.4 Å². The van der Waals surface area contributed by atoms with Crippen molar-refractivity contribution in [3.63, 3.8) is 0 Å². The van der Waals surface area contributed by atoms with Crippen molar-refractivity contribution >= 4 is 16.8 Å². The summed E-state index contributed by atoms with van der Waals surface area (Å²) in [6.45, 7) is 1.98. The first-order valence-corrected chi connectivity index (χ1v) is 6.24. The van der Waals surface area contributed by atoms with Gasteiger partial charge in [-0.15, -0.1) is 0 Å². The van der Waals surface area contributed by atoms with E-state index in [4.69, 9.17) is 5.11 Å². The van der Waals surface area contributed by atoms with E-state index in [0.29, 0.717) is 16.5 Å². The van der Waals surface area contributed by atoms with Gasteiger partial charge in [0.15, 0.2) is 0 Å². The summed E-state index contributed by atoms with van der Waals surface area (Å²) in [7, 11) is 0. The SMILES string of the molecule is CCn1c(=O)[nH]c2cc(C(=O)NCCO)ccc2c1=O. The van der Waals surface area contributed by atoms with Crippen LogP contribution in [0.4, 0.5) is 0 Å². The van der Waals surface area contributed by atoms with Gasteiger partial charge in [0.2, 0.25) is 0 Å². The number of carbonyl (C=O) groups excluding carboxylic acids is 1. The minimum atomic E-state index is -0.502. The molecule has 2 aromatic rings. The van der Waals surface area contributed by atoms with Gasteiger partial charge in [0.1, 0.15) is 0 Å². The van der Waals surface area contributed by atoms with E-state index in [1.807, 2.05) is 0 Å². The van der Waals surface area contributed by atoms with Crippen molar-refractivity contribution in [1.82, 2.24) is 14.9 Å². The lowest BCUT2D eigenvalue weighted by atomic mass is 10.1. The van der Waals surface area contributed by atoms with Crippen LogP contribution in [-0.2, 0) is 6.54 Å². The molecule has 7 nitrogen and oxygen atoms in total. The monoisotopic (exact) mass is 277 g/mol. The Hall–Kier alpha value is -2.41. The van der Waals surface area contributed by atoms with Crippen LogP contribution in [0.15, 0.2) is 27.8 Å². The molecule has 0 atom stereocenters. The summed E-state index contributed by atoms with van der Waals surface area (Å²) in [5.74, 6) is -0.374. The minimum Gasteiger partial charge on any atom is -0.395 e. The predicted molar refractivity (Wildman–Crippen MR) is 73.9 cm³/mol. The van der Waals surface area contributed by atoms with Gasteiger partial charge in [-0.25, -0.2) is 4.79 Å². The normalized spacial score (nSPS) is 10.7. The van der Waals surface area contributed by atoms with Crippen molar-refractivity contribution < 1.29 is 9.90 Å². The highest BCUT2D eigenvalue weighted by molar-refractivity contribution is 5.97. The van der Waals surface area contributed by atoms with E-state index in [1.165, 1.54) is 18.2 Å². The van der Waals surface area contributed by atoms with Gasteiger partial charge in [-0.2, -0.15) is 0 Å². The summed E-state index contributed by atoms with van der Waals surface area (Å²) < 4.78 is 1.09. The van der Waals surface area contributed by atoms with E-state index in [9.17, 15) is 14.4 Å². The molecular weight excluding hydrogens is 262 g/mol. The fourth-order valence-corrected chi connectivity index (χ4v) is 1.95. The zero-order valence-corrected chi connectivity index (χ0v) is 11.0. The molecule has 1 aromatic carbocycles. The lowest BCUT2D eigenvalue weighted by Gasteiger charge is -2.06. The summed E-state index contributed by atoms with van der Waals surface area (Å²) in [5, 5.41) is 11.5. The van der Waals surface area contributed by atoms with Crippen molar-refractivity contribution in [1.29, 1.82) is 0 Å². The van der Waals surface area contributed by atoms with E-state index in [0.717, 1.165) is 4.57 Å². The van der Waals surface area contributed by atoms with Crippen LogP contribution in [0.3, 0.4) is 0 Å². The van der Waals surface area contributed by atoms with Gasteiger partial charge in [-0.05, 0) is 25.1 Å². The van der Waals surface area contributed by atoms with E-state index in [1.54, 1.807) is 6.92 Å². The number of H-pyrrole nitrogens is 1. The zero-order chi connectivity index (χ0) is 14.7. The smallest absolute Gasteiger partial charge is 0.328 e. The Labute approximate surface area is 113 Å². The molecular formula is C13H15N3O4. The molecule has 1 aromatic heterocycles. The third-order valence-corrected chi connectivity index (χ3v) is 2.96. The number of rotatable bonds is 4. The van der Waals surface area contributed by atoms with Gasteiger partial charge >= 0.3 is 5.69 Å². The maximum Gasteiger partial charge on any atom is 0.328 e. The summed E-state index contributed by atoms with van der Waals surface area (Å²) in [6.07, 6.45) is 0. The highest BCUT2D eigenvalue weighted by Crippen LogP contribution is 2.09. The number of aliphatic hydroxyl groups is 1. The highest BCUT2D eigenvalue weighted by Gasteiger charge is 2.10. The number of hydrogen-bond donors (Lipinski definition) is 3. The van der Waals surface area contributed by atoms with E-state index in [2.05, 4.69) is 10.3 Å². The van der Waals surface area contributed by atoms with Crippen LogP contribution in [-0.4, -0.2) is 33.7 Å². The van der Waals surface area contributed by atoms with Crippen LogP contribution in [0.1, 0.15) is 17.3 Å². The number of carbonyl (C=O) groups is 1. The molecule has 0 aliphatic rings. The Morgan fingerprint density at radius 1 is 1.40 bits per heavy atom. The van der Waals surface area contributed by atoms with E-state index < -0.39 is 5.69 Å². The fraction of sp³-hybridized carbons (Fsp3) is 0.308. The molecule has 2 rings (SSSR count). The van der Waals surface area contributed by atoms with Crippen molar-refractivity contribution in [3.8, 4) is 0 Å². The second-order valence-electron chi connectivity index (χ2n) is 4.22. The quantitative estimate of drug-likeness (QED) is 0.696. The number of nitrogens with one attached hydrogen (secondary N) is 2. The van der Waals surface area contributed by atoms with Crippen LogP contribution in [0.2, 0.25) is 0 Å². The number of fused-ring (bicyclic) bond motifs is 1. The first kappa shape index (κ1) is 14.0. The van der Waals surface area contributed by atoms with Gasteiger partial charge in [0, 0.05) is 18.7 Å². The Morgan fingerprint density at radius 2 is 2.15 bits per heavy atom. The summed E-state index contributed by atoms with van der Waals surface area (Å²) in [6, 6.07) is 4.47. The molecule has 1 heterocycles. The Kier molecular flexibility index (Phi) is 3.99. The average molecular weight is 277 g/mol. The van der Waals surface area contributed by atoms with Crippen molar-refractivity contribution in [2.45, 2.75) is 13.5 Å². The predicted octanol–water partition coefficient (Wildman–Crippen LogP) is -0.568. The molecule has 0 fully saturated rings. The van der Waals surface area contributed by atoms with Crippen molar-refractivity contribution in [2.75, 3.05) is 13.2 Å². The van der Waals surface area contributed by atoms with Gasteiger partial charge in [0.05, 0.1) is 17.5 Å². The van der Waals surface area contributed by atoms with Gasteiger partial charge in [-0.1, -0.05) is 0 Å². The molecule has 0 spiro atoms. The zero-order valence-electron chi connectivity index (χ0n) is 11.0. The molecule has 106 valence electrons. The number of aromatic nitrogens is 2. The van der Waals surface area contributed by atoms with Crippen LogP contribution in [0.5, 0.6) is 0 Å². The summed E-state index contributed by atoms with van der Waals surface area (Å²) in [4.78, 5) is 38.1. The Balaban J connectivity index is 2.53. The molecule has 0 bridgehead atoms. The van der Waals surface area contributed by atoms with Crippen molar-refractivity contribution in [3.05, 3.63) is 44.6 Å². The molecule has 3 N–H and O–H groups in total. The van der Waals surface area contributed by atoms with E-state index in [-0.39, 0.29) is 31.2 Å². The Bertz CT molecular complexity index is 760. The topological polar surface area (TPSA) is 104 Å².